The maximum absolute atomic E-state index is 11.1. The molecule has 0 saturated carbocycles. The van der Waals surface area contributed by atoms with E-state index in [0.717, 1.165) is 6.26 Å². The van der Waals surface area contributed by atoms with Crippen LogP contribution in [-0.4, -0.2) is 21.0 Å². The molecule has 1 rings (SSSR count). The Balaban J connectivity index is 3.50. The molecule has 0 amide bonds. The van der Waals surface area contributed by atoms with Gasteiger partial charge in [-0.15, -0.1) is 0 Å². The molecule has 0 aromatic heterocycles. The summed E-state index contributed by atoms with van der Waals surface area (Å²) < 4.78 is 22.3. The van der Waals surface area contributed by atoms with E-state index in [1.807, 2.05) is 0 Å². The van der Waals surface area contributed by atoms with Crippen LogP contribution < -0.4 is 0 Å². The molecule has 0 saturated heterocycles. The zero-order valence-electron chi connectivity index (χ0n) is 6.82. The van der Waals surface area contributed by atoms with Crippen LogP contribution in [0.1, 0.15) is 10.4 Å². The van der Waals surface area contributed by atoms with Crippen LogP contribution in [0.15, 0.2) is 23.1 Å². The first-order valence-electron chi connectivity index (χ1n) is 3.40. The zero-order valence-corrected chi connectivity index (χ0v) is 8.39. The van der Waals surface area contributed by atoms with Gasteiger partial charge in [0.05, 0.1) is 4.90 Å². The SMILES string of the molecule is CS(=O)(=O)c1cc(Cl)ccc1C=O. The predicted octanol–water partition coefficient (Wildman–Crippen LogP) is 1.56. The molecule has 0 unspecified atom stereocenters. The Morgan fingerprint density at radius 3 is 2.46 bits per heavy atom. The second-order valence-electron chi connectivity index (χ2n) is 2.57. The van der Waals surface area contributed by atoms with E-state index in [4.69, 9.17) is 11.6 Å². The lowest BCUT2D eigenvalue weighted by Crippen LogP contribution is -2.01. The highest BCUT2D eigenvalue weighted by atomic mass is 35.5. The van der Waals surface area contributed by atoms with E-state index in [2.05, 4.69) is 0 Å². The molecule has 1 aromatic carbocycles. The number of carbonyl (C=O) groups is 1. The van der Waals surface area contributed by atoms with Crippen LogP contribution in [-0.2, 0) is 9.84 Å². The molecule has 0 heterocycles. The summed E-state index contributed by atoms with van der Waals surface area (Å²) in [6.45, 7) is 0. The van der Waals surface area contributed by atoms with Crippen LogP contribution in [0.2, 0.25) is 5.02 Å². The average Bonchev–Trinajstić information content (AvgIpc) is 2.03. The predicted molar refractivity (Wildman–Crippen MR) is 49.9 cm³/mol. The summed E-state index contributed by atoms with van der Waals surface area (Å²) >= 11 is 5.60. The normalized spacial score (nSPS) is 11.2. The van der Waals surface area contributed by atoms with Crippen LogP contribution in [0, 0.1) is 0 Å². The Labute approximate surface area is 81.3 Å². The minimum atomic E-state index is -3.38. The van der Waals surface area contributed by atoms with E-state index in [0.29, 0.717) is 11.3 Å². The van der Waals surface area contributed by atoms with Crippen molar-refractivity contribution in [3.05, 3.63) is 28.8 Å². The lowest BCUT2D eigenvalue weighted by atomic mass is 10.2. The number of hydrogen-bond acceptors (Lipinski definition) is 3. The van der Waals surface area contributed by atoms with Crippen LogP contribution in [0.3, 0.4) is 0 Å². The fraction of sp³-hybridized carbons (Fsp3) is 0.125. The number of sulfone groups is 1. The van der Waals surface area contributed by atoms with Crippen molar-refractivity contribution in [2.45, 2.75) is 4.90 Å². The maximum atomic E-state index is 11.1. The van der Waals surface area contributed by atoms with Gasteiger partial charge in [0.1, 0.15) is 0 Å². The van der Waals surface area contributed by atoms with Gasteiger partial charge in [0.2, 0.25) is 0 Å². The first kappa shape index (κ1) is 10.2. The summed E-state index contributed by atoms with van der Waals surface area (Å²) in [5.74, 6) is 0. The Bertz CT molecular complexity index is 437. The quantitative estimate of drug-likeness (QED) is 0.708. The molecule has 0 bridgehead atoms. The third-order valence-electron chi connectivity index (χ3n) is 1.50. The topological polar surface area (TPSA) is 51.2 Å². The van der Waals surface area contributed by atoms with Crippen LogP contribution in [0.5, 0.6) is 0 Å². The number of hydrogen-bond donors (Lipinski definition) is 0. The second-order valence-corrected chi connectivity index (χ2v) is 4.99. The van der Waals surface area contributed by atoms with Crippen molar-refractivity contribution in [2.24, 2.45) is 0 Å². The van der Waals surface area contributed by atoms with Crippen molar-refractivity contribution in [3.8, 4) is 0 Å². The van der Waals surface area contributed by atoms with Crippen molar-refractivity contribution in [1.82, 2.24) is 0 Å². The number of aldehydes is 1. The van der Waals surface area contributed by atoms with E-state index < -0.39 is 9.84 Å². The Kier molecular flexibility index (Phi) is 2.73. The number of benzene rings is 1. The zero-order chi connectivity index (χ0) is 10.1. The Morgan fingerprint density at radius 1 is 1.38 bits per heavy atom. The molecule has 0 aliphatic carbocycles. The van der Waals surface area contributed by atoms with Gasteiger partial charge in [-0.3, -0.25) is 4.79 Å². The van der Waals surface area contributed by atoms with Gasteiger partial charge < -0.3 is 0 Å². The van der Waals surface area contributed by atoms with Crippen molar-refractivity contribution in [3.63, 3.8) is 0 Å². The van der Waals surface area contributed by atoms with Crippen LogP contribution >= 0.6 is 11.6 Å². The first-order valence-corrected chi connectivity index (χ1v) is 5.67. The summed E-state index contributed by atoms with van der Waals surface area (Å²) in [4.78, 5) is 10.4. The third kappa shape index (κ3) is 2.29. The van der Waals surface area contributed by atoms with E-state index >= 15 is 0 Å². The minimum Gasteiger partial charge on any atom is -0.298 e. The lowest BCUT2D eigenvalue weighted by Gasteiger charge is -2.01. The summed E-state index contributed by atoms with van der Waals surface area (Å²) in [7, 11) is -3.38. The Hall–Kier alpha value is -0.870. The monoisotopic (exact) mass is 218 g/mol. The molecule has 3 nitrogen and oxygen atoms in total. The number of carbonyl (C=O) groups excluding carboxylic acids is 1. The molecule has 0 aliphatic rings. The van der Waals surface area contributed by atoms with Gasteiger partial charge in [0.15, 0.2) is 16.1 Å². The fourth-order valence-electron chi connectivity index (χ4n) is 0.927. The molecule has 0 aliphatic heterocycles. The highest BCUT2D eigenvalue weighted by Crippen LogP contribution is 2.19. The van der Waals surface area contributed by atoms with Crippen molar-refractivity contribution < 1.29 is 13.2 Å². The van der Waals surface area contributed by atoms with Gasteiger partial charge in [0.25, 0.3) is 0 Å². The van der Waals surface area contributed by atoms with Crippen molar-refractivity contribution in [2.75, 3.05) is 6.26 Å². The van der Waals surface area contributed by atoms with Gasteiger partial charge in [-0.25, -0.2) is 8.42 Å². The summed E-state index contributed by atoms with van der Waals surface area (Å²) in [5.41, 5.74) is 0.131. The molecule has 0 atom stereocenters. The van der Waals surface area contributed by atoms with Crippen molar-refractivity contribution >= 4 is 27.7 Å². The molecule has 0 spiro atoms. The molecule has 13 heavy (non-hydrogen) atoms. The molecule has 0 radical (unpaired) electrons. The van der Waals surface area contributed by atoms with E-state index in [1.54, 1.807) is 0 Å². The van der Waals surface area contributed by atoms with E-state index in [-0.39, 0.29) is 10.5 Å². The van der Waals surface area contributed by atoms with E-state index in [1.165, 1.54) is 18.2 Å². The highest BCUT2D eigenvalue weighted by Gasteiger charge is 2.12. The van der Waals surface area contributed by atoms with Gasteiger partial charge in [-0.2, -0.15) is 0 Å². The second kappa shape index (κ2) is 3.47. The van der Waals surface area contributed by atoms with Crippen LogP contribution in [0.25, 0.3) is 0 Å². The first-order chi connectivity index (χ1) is 5.95. The van der Waals surface area contributed by atoms with Crippen molar-refractivity contribution in [1.29, 1.82) is 0 Å². The molecule has 1 aromatic rings. The molecule has 5 heteroatoms. The van der Waals surface area contributed by atoms with Gasteiger partial charge >= 0.3 is 0 Å². The van der Waals surface area contributed by atoms with Gasteiger partial charge in [-0.05, 0) is 18.2 Å². The standard InChI is InChI=1S/C8H7ClO3S/c1-13(11,12)8-4-7(9)3-2-6(8)5-10/h2-5H,1H3. The molecule has 0 fully saturated rings. The smallest absolute Gasteiger partial charge is 0.176 e. The summed E-state index contributed by atoms with van der Waals surface area (Å²) in [6, 6.07) is 4.12. The molecular weight excluding hydrogens is 212 g/mol. The summed E-state index contributed by atoms with van der Waals surface area (Å²) in [6.07, 6.45) is 1.53. The Morgan fingerprint density at radius 2 is 2.00 bits per heavy atom. The number of halogens is 1. The van der Waals surface area contributed by atoms with Crippen LogP contribution in [0.4, 0.5) is 0 Å². The average molecular weight is 219 g/mol. The van der Waals surface area contributed by atoms with E-state index in [9.17, 15) is 13.2 Å². The highest BCUT2D eigenvalue weighted by molar-refractivity contribution is 7.90. The molecule has 70 valence electrons. The summed E-state index contributed by atoms with van der Waals surface area (Å²) in [5, 5.41) is 0.297. The third-order valence-corrected chi connectivity index (χ3v) is 2.89. The van der Waals surface area contributed by atoms with Gasteiger partial charge in [0, 0.05) is 16.8 Å². The fourth-order valence-corrected chi connectivity index (χ4v) is 2.05. The minimum absolute atomic E-state index is 0.0324. The van der Waals surface area contributed by atoms with Gasteiger partial charge in [-0.1, -0.05) is 11.6 Å². The molecular formula is C8H7ClO3S. The number of rotatable bonds is 2. The largest absolute Gasteiger partial charge is 0.298 e. The maximum Gasteiger partial charge on any atom is 0.176 e. The lowest BCUT2D eigenvalue weighted by molar-refractivity contribution is 0.112. The molecule has 0 N–H and O–H groups in total.